The van der Waals surface area contributed by atoms with Gasteiger partial charge < -0.3 is 0 Å². The average molecular weight is 525 g/mol. The van der Waals surface area contributed by atoms with Gasteiger partial charge in [0, 0.05) is 0 Å². The molecule has 0 N–H and O–H groups in total. The summed E-state index contributed by atoms with van der Waals surface area (Å²) in [6.45, 7) is 7.83. The second-order valence-corrected chi connectivity index (χ2v) is 11.9. The molecule has 0 spiro atoms. The van der Waals surface area contributed by atoms with E-state index in [4.69, 9.17) is 0 Å². The molecule has 0 saturated heterocycles. The van der Waals surface area contributed by atoms with E-state index in [0.717, 1.165) is 48.9 Å². The second-order valence-electron chi connectivity index (χ2n) is 11.9. The van der Waals surface area contributed by atoms with E-state index in [1.807, 2.05) is 6.92 Å². The summed E-state index contributed by atoms with van der Waals surface area (Å²) >= 11 is 0. The van der Waals surface area contributed by atoms with Gasteiger partial charge in [-0.25, -0.2) is 0 Å². The number of benzene rings is 2. The van der Waals surface area contributed by atoms with Crippen LogP contribution in [0.2, 0.25) is 0 Å². The van der Waals surface area contributed by atoms with E-state index < -0.39 is 28.9 Å². The van der Waals surface area contributed by atoms with Gasteiger partial charge in [0.05, 0.1) is 0 Å². The van der Waals surface area contributed by atoms with Crippen LogP contribution in [0.3, 0.4) is 0 Å². The molecule has 3 unspecified atom stereocenters. The van der Waals surface area contributed by atoms with Gasteiger partial charge in [0.25, 0.3) is 0 Å². The van der Waals surface area contributed by atoms with Crippen molar-refractivity contribution in [2.75, 3.05) is 0 Å². The monoisotopic (exact) mass is 524 g/mol. The molecule has 6 heteroatoms. The minimum Gasteiger partial charge on any atom is -0.169 e. The van der Waals surface area contributed by atoms with Crippen molar-refractivity contribution in [2.45, 2.75) is 96.3 Å². The maximum absolute atomic E-state index is 14.7. The molecule has 37 heavy (non-hydrogen) atoms. The van der Waals surface area contributed by atoms with Crippen molar-refractivity contribution in [3.05, 3.63) is 70.3 Å². The van der Waals surface area contributed by atoms with Gasteiger partial charge in [-0.3, -0.25) is 0 Å². The first-order chi connectivity index (χ1) is 17.3. The lowest BCUT2D eigenvalue weighted by Crippen LogP contribution is -2.54. The third-order valence-corrected chi connectivity index (χ3v) is 9.41. The van der Waals surface area contributed by atoms with Crippen molar-refractivity contribution in [2.24, 2.45) is 23.7 Å². The fourth-order valence-electron chi connectivity index (χ4n) is 7.03. The number of alkyl halides is 6. The van der Waals surface area contributed by atoms with Crippen molar-refractivity contribution >= 4 is 0 Å². The quantitative estimate of drug-likeness (QED) is 0.349. The Bertz CT molecular complexity index is 1040. The third-order valence-electron chi connectivity index (χ3n) is 9.41. The molecule has 2 aliphatic rings. The van der Waals surface area contributed by atoms with Crippen molar-refractivity contribution in [3.63, 3.8) is 0 Å². The Kier molecular flexibility index (Phi) is 7.80. The minimum atomic E-state index is -5.56. The number of hydrogen-bond acceptors (Lipinski definition) is 0. The molecule has 0 radical (unpaired) electrons. The molecule has 0 bridgehead atoms. The van der Waals surface area contributed by atoms with Gasteiger partial charge in [0.1, 0.15) is 0 Å². The van der Waals surface area contributed by atoms with Crippen molar-refractivity contribution in [1.82, 2.24) is 0 Å². The predicted molar refractivity (Wildman–Crippen MR) is 136 cm³/mol. The zero-order chi connectivity index (χ0) is 27.2. The Hall–Kier alpha value is -1.98. The number of aryl methyl sites for hydroxylation is 2. The van der Waals surface area contributed by atoms with E-state index in [-0.39, 0.29) is 11.8 Å². The molecule has 0 amide bonds. The first kappa shape index (κ1) is 28.0. The zero-order valence-electron chi connectivity index (χ0n) is 22.1. The fourth-order valence-corrected chi connectivity index (χ4v) is 7.03. The number of halogens is 6. The molecular formula is C31H38F6. The van der Waals surface area contributed by atoms with Crippen molar-refractivity contribution < 1.29 is 26.3 Å². The van der Waals surface area contributed by atoms with E-state index in [2.05, 4.69) is 13.8 Å². The van der Waals surface area contributed by atoms with E-state index >= 15 is 0 Å². The molecule has 0 nitrogen and oxygen atoms in total. The largest absolute Gasteiger partial charge is 0.411 e. The molecule has 204 valence electrons. The van der Waals surface area contributed by atoms with Gasteiger partial charge in [0.15, 0.2) is 0 Å². The lowest BCUT2D eigenvalue weighted by atomic mass is 9.64. The lowest BCUT2D eigenvalue weighted by molar-refractivity contribution is -0.288. The first-order valence-corrected chi connectivity index (χ1v) is 13.6. The molecule has 2 saturated carbocycles. The first-order valence-electron chi connectivity index (χ1n) is 13.6. The van der Waals surface area contributed by atoms with Crippen LogP contribution in [0.1, 0.15) is 92.5 Å². The van der Waals surface area contributed by atoms with Gasteiger partial charge >= 0.3 is 12.4 Å². The van der Waals surface area contributed by atoms with E-state index in [0.29, 0.717) is 23.0 Å². The molecule has 4 rings (SSSR count). The Morgan fingerprint density at radius 3 is 1.76 bits per heavy atom. The van der Waals surface area contributed by atoms with Gasteiger partial charge in [-0.1, -0.05) is 74.7 Å². The topological polar surface area (TPSA) is 0 Å². The summed E-state index contributed by atoms with van der Waals surface area (Å²) in [6.07, 6.45) is -3.51. The number of rotatable bonds is 4. The highest BCUT2D eigenvalue weighted by Crippen LogP contribution is 2.57. The minimum absolute atomic E-state index is 0.0461. The normalized spacial score (nSPS) is 27.8. The van der Waals surface area contributed by atoms with Crippen LogP contribution in [0, 0.1) is 37.5 Å². The summed E-state index contributed by atoms with van der Waals surface area (Å²) in [7, 11) is 0. The van der Waals surface area contributed by atoms with Gasteiger partial charge in [0.2, 0.25) is 5.41 Å². The van der Waals surface area contributed by atoms with Gasteiger partial charge in [-0.15, -0.1) is 0 Å². The summed E-state index contributed by atoms with van der Waals surface area (Å²) in [5, 5.41) is 0. The van der Waals surface area contributed by atoms with Crippen LogP contribution in [0.5, 0.6) is 0 Å². The van der Waals surface area contributed by atoms with Crippen LogP contribution < -0.4 is 0 Å². The van der Waals surface area contributed by atoms with Gasteiger partial charge in [-0.05, 0) is 97.8 Å². The summed E-state index contributed by atoms with van der Waals surface area (Å²) in [5.74, 6) is 1.97. The zero-order valence-corrected chi connectivity index (χ0v) is 22.1. The molecule has 2 fully saturated rings. The van der Waals surface area contributed by atoms with Crippen molar-refractivity contribution in [1.29, 1.82) is 0 Å². The highest BCUT2D eigenvalue weighted by atomic mass is 19.4. The molecule has 0 aliphatic heterocycles. The van der Waals surface area contributed by atoms with Gasteiger partial charge in [-0.2, -0.15) is 26.3 Å². The third kappa shape index (κ3) is 5.18. The van der Waals surface area contributed by atoms with Crippen LogP contribution in [0.4, 0.5) is 26.3 Å². The standard InChI is InChI=1S/C31H38F6/c1-19-5-11-23(12-6-19)24-13-9-21(3)27(17-24)28-18-26(16-10-22(28)4)29(30(32,33)34,31(35,36)37)25-14-7-20(2)8-15-25/h7-8,10,14-16,18-19,21,23-24,27H,5-6,9,11-13,17H2,1-4H3. The lowest BCUT2D eigenvalue weighted by Gasteiger charge is -2.42. The van der Waals surface area contributed by atoms with E-state index in [9.17, 15) is 26.3 Å². The predicted octanol–water partition coefficient (Wildman–Crippen LogP) is 10.1. The second kappa shape index (κ2) is 10.3. The van der Waals surface area contributed by atoms with Crippen LogP contribution in [0.25, 0.3) is 0 Å². The Morgan fingerprint density at radius 2 is 1.19 bits per heavy atom. The van der Waals surface area contributed by atoms with Crippen molar-refractivity contribution in [3.8, 4) is 0 Å². The Morgan fingerprint density at radius 1 is 0.649 bits per heavy atom. The van der Waals surface area contributed by atoms with E-state index in [1.54, 1.807) is 6.92 Å². The number of hydrogen-bond donors (Lipinski definition) is 0. The molecule has 0 aromatic heterocycles. The van der Waals surface area contributed by atoms with Crippen LogP contribution in [-0.4, -0.2) is 12.4 Å². The molecule has 2 aromatic carbocycles. The van der Waals surface area contributed by atoms with Crippen LogP contribution in [0.15, 0.2) is 42.5 Å². The highest BCUT2D eigenvalue weighted by Gasteiger charge is 2.72. The molecule has 0 heterocycles. The summed E-state index contributed by atoms with van der Waals surface area (Å²) in [5.41, 5.74) is -3.61. The SMILES string of the molecule is Cc1ccc(C(c2ccc(C)c(C3CC(C4CCC(C)CC4)CCC3C)c2)(C(F)(F)F)C(F)(F)F)cc1. The highest BCUT2D eigenvalue weighted by molar-refractivity contribution is 5.48. The molecule has 2 aliphatic carbocycles. The maximum Gasteiger partial charge on any atom is 0.411 e. The summed E-state index contributed by atoms with van der Waals surface area (Å²) < 4.78 is 88.3. The fraction of sp³-hybridized carbons (Fsp3) is 0.613. The average Bonchev–Trinajstić information content (AvgIpc) is 2.81. The maximum atomic E-state index is 14.7. The Labute approximate surface area is 216 Å². The molecule has 2 aromatic rings. The summed E-state index contributed by atoms with van der Waals surface area (Å²) in [4.78, 5) is 0. The van der Waals surface area contributed by atoms with Crippen LogP contribution >= 0.6 is 0 Å². The molecule has 3 atom stereocenters. The van der Waals surface area contributed by atoms with E-state index in [1.165, 1.54) is 49.9 Å². The van der Waals surface area contributed by atoms with Crippen LogP contribution in [-0.2, 0) is 5.41 Å². The Balaban J connectivity index is 1.80. The molecular weight excluding hydrogens is 486 g/mol. The smallest absolute Gasteiger partial charge is 0.169 e. The summed E-state index contributed by atoms with van der Waals surface area (Å²) in [6, 6.07) is 8.31.